The van der Waals surface area contributed by atoms with Crippen molar-refractivity contribution in [2.24, 2.45) is 0 Å². The molecule has 21 heavy (non-hydrogen) atoms. The second kappa shape index (κ2) is 5.97. The third-order valence-electron chi connectivity index (χ3n) is 3.65. The standard InChI is InChI=1S/C15H17N3O3/c1-20-13-5-3-2-4-11(13)12-8-16-6-7-18(12)15(19)14-9-17-10-21-14/h2-5,9-10,12,16H,6-8H2,1H3/t12-/m0/s1. The number of benzene rings is 1. The van der Waals surface area contributed by atoms with Gasteiger partial charge in [-0.15, -0.1) is 0 Å². The van der Waals surface area contributed by atoms with E-state index >= 15 is 0 Å². The van der Waals surface area contributed by atoms with Gasteiger partial charge in [-0.1, -0.05) is 18.2 Å². The Kier molecular flexibility index (Phi) is 3.87. The third kappa shape index (κ3) is 2.62. The maximum Gasteiger partial charge on any atom is 0.291 e. The van der Waals surface area contributed by atoms with Crippen LogP contribution in [0.3, 0.4) is 0 Å². The molecule has 1 aliphatic rings. The zero-order valence-corrected chi connectivity index (χ0v) is 11.8. The lowest BCUT2D eigenvalue weighted by Crippen LogP contribution is -2.48. The summed E-state index contributed by atoms with van der Waals surface area (Å²) >= 11 is 0. The minimum atomic E-state index is -0.148. The topological polar surface area (TPSA) is 67.6 Å². The van der Waals surface area contributed by atoms with Crippen LogP contribution in [0, 0.1) is 0 Å². The second-order valence-electron chi connectivity index (χ2n) is 4.83. The fourth-order valence-electron chi connectivity index (χ4n) is 2.63. The fourth-order valence-corrected chi connectivity index (χ4v) is 2.63. The van der Waals surface area contributed by atoms with Gasteiger partial charge in [0, 0.05) is 25.2 Å². The Morgan fingerprint density at radius 1 is 1.48 bits per heavy atom. The summed E-state index contributed by atoms with van der Waals surface area (Å²) in [4.78, 5) is 18.2. The van der Waals surface area contributed by atoms with Crippen molar-refractivity contribution >= 4 is 5.91 Å². The predicted molar refractivity (Wildman–Crippen MR) is 76.1 cm³/mol. The molecule has 1 atom stereocenters. The summed E-state index contributed by atoms with van der Waals surface area (Å²) in [5.74, 6) is 0.892. The van der Waals surface area contributed by atoms with Crippen LogP contribution in [0.25, 0.3) is 0 Å². The number of piperazine rings is 1. The molecular formula is C15H17N3O3. The first kappa shape index (κ1) is 13.6. The number of hydrogen-bond acceptors (Lipinski definition) is 5. The highest BCUT2D eigenvalue weighted by Gasteiger charge is 2.31. The van der Waals surface area contributed by atoms with Crippen LogP contribution in [0.4, 0.5) is 0 Å². The smallest absolute Gasteiger partial charge is 0.291 e. The van der Waals surface area contributed by atoms with E-state index in [2.05, 4.69) is 10.3 Å². The number of rotatable bonds is 3. The number of carbonyl (C=O) groups is 1. The van der Waals surface area contributed by atoms with Crippen LogP contribution < -0.4 is 10.1 Å². The van der Waals surface area contributed by atoms with Gasteiger partial charge < -0.3 is 19.4 Å². The lowest BCUT2D eigenvalue weighted by Gasteiger charge is -2.36. The van der Waals surface area contributed by atoms with Crippen molar-refractivity contribution in [2.75, 3.05) is 26.7 Å². The van der Waals surface area contributed by atoms with Crippen molar-refractivity contribution < 1.29 is 13.9 Å². The van der Waals surface area contributed by atoms with E-state index < -0.39 is 0 Å². The molecule has 2 heterocycles. The van der Waals surface area contributed by atoms with Crippen molar-refractivity contribution in [3.8, 4) is 5.75 Å². The highest BCUT2D eigenvalue weighted by molar-refractivity contribution is 5.91. The Balaban J connectivity index is 1.93. The molecule has 0 spiro atoms. The molecule has 1 saturated heterocycles. The summed E-state index contributed by atoms with van der Waals surface area (Å²) in [6.07, 6.45) is 2.72. The van der Waals surface area contributed by atoms with Gasteiger partial charge in [0.1, 0.15) is 5.75 Å². The molecule has 0 unspecified atom stereocenters. The van der Waals surface area contributed by atoms with Gasteiger partial charge in [-0.2, -0.15) is 0 Å². The summed E-state index contributed by atoms with van der Waals surface area (Å²) < 4.78 is 10.6. The molecule has 0 saturated carbocycles. The van der Waals surface area contributed by atoms with Crippen molar-refractivity contribution in [1.29, 1.82) is 0 Å². The summed E-state index contributed by atoms with van der Waals surface area (Å²) in [5.41, 5.74) is 0.986. The Morgan fingerprint density at radius 3 is 3.10 bits per heavy atom. The number of oxazole rings is 1. The van der Waals surface area contributed by atoms with E-state index in [0.717, 1.165) is 17.9 Å². The zero-order chi connectivity index (χ0) is 14.7. The van der Waals surface area contributed by atoms with Crippen LogP contribution in [0.1, 0.15) is 22.2 Å². The molecule has 1 aliphatic heterocycles. The molecule has 0 radical (unpaired) electrons. The first-order valence-corrected chi connectivity index (χ1v) is 6.84. The minimum Gasteiger partial charge on any atom is -0.496 e. The number of aromatic nitrogens is 1. The molecule has 110 valence electrons. The lowest BCUT2D eigenvalue weighted by molar-refractivity contribution is 0.0599. The van der Waals surface area contributed by atoms with Gasteiger partial charge in [0.05, 0.1) is 19.3 Å². The number of methoxy groups -OCH3 is 1. The summed E-state index contributed by atoms with van der Waals surface area (Å²) in [7, 11) is 1.64. The van der Waals surface area contributed by atoms with E-state index in [1.54, 1.807) is 12.0 Å². The van der Waals surface area contributed by atoms with E-state index in [1.165, 1.54) is 12.6 Å². The largest absolute Gasteiger partial charge is 0.496 e. The van der Waals surface area contributed by atoms with Crippen LogP contribution in [0.5, 0.6) is 5.75 Å². The number of carbonyl (C=O) groups excluding carboxylic acids is 1. The normalized spacial score (nSPS) is 18.5. The van der Waals surface area contributed by atoms with Gasteiger partial charge in [-0.3, -0.25) is 4.79 Å². The average Bonchev–Trinajstić information content (AvgIpc) is 3.08. The lowest BCUT2D eigenvalue weighted by atomic mass is 10.0. The first-order chi connectivity index (χ1) is 10.3. The van der Waals surface area contributed by atoms with Crippen molar-refractivity contribution in [3.63, 3.8) is 0 Å². The second-order valence-corrected chi connectivity index (χ2v) is 4.83. The van der Waals surface area contributed by atoms with Crippen molar-refractivity contribution in [1.82, 2.24) is 15.2 Å². The van der Waals surface area contributed by atoms with Crippen LogP contribution >= 0.6 is 0 Å². The third-order valence-corrected chi connectivity index (χ3v) is 3.65. The Morgan fingerprint density at radius 2 is 2.33 bits per heavy atom. The molecule has 1 fully saturated rings. The maximum absolute atomic E-state index is 12.6. The molecule has 2 aromatic rings. The molecule has 1 aromatic carbocycles. The van der Waals surface area contributed by atoms with Crippen LogP contribution in [0.2, 0.25) is 0 Å². The summed E-state index contributed by atoms with van der Waals surface area (Å²) in [6.45, 7) is 2.05. The van der Waals surface area contributed by atoms with Crippen molar-refractivity contribution in [2.45, 2.75) is 6.04 Å². The Labute approximate surface area is 122 Å². The molecule has 1 amide bonds. The SMILES string of the molecule is COc1ccccc1[C@@H]1CNCCN1C(=O)c1cnco1. The maximum atomic E-state index is 12.6. The van der Waals surface area contributed by atoms with Gasteiger partial charge in [0.25, 0.3) is 5.91 Å². The zero-order valence-electron chi connectivity index (χ0n) is 11.8. The predicted octanol–water partition coefficient (Wildman–Crippen LogP) is 1.47. The molecule has 6 heteroatoms. The molecule has 0 bridgehead atoms. The number of para-hydroxylation sites is 1. The quantitative estimate of drug-likeness (QED) is 0.926. The fraction of sp³-hybridized carbons (Fsp3) is 0.333. The number of nitrogens with one attached hydrogen (secondary N) is 1. The Hall–Kier alpha value is -2.34. The number of nitrogens with zero attached hydrogens (tertiary/aromatic N) is 2. The van der Waals surface area contributed by atoms with Gasteiger partial charge in [0.15, 0.2) is 6.39 Å². The highest BCUT2D eigenvalue weighted by atomic mass is 16.5. The van der Waals surface area contributed by atoms with E-state index in [1.807, 2.05) is 24.3 Å². The van der Waals surface area contributed by atoms with Gasteiger partial charge in [-0.25, -0.2) is 4.98 Å². The first-order valence-electron chi connectivity index (χ1n) is 6.84. The highest BCUT2D eigenvalue weighted by Crippen LogP contribution is 2.31. The number of ether oxygens (including phenoxy) is 1. The van der Waals surface area contributed by atoms with E-state index in [0.29, 0.717) is 13.1 Å². The molecule has 3 rings (SSSR count). The van der Waals surface area contributed by atoms with E-state index in [4.69, 9.17) is 9.15 Å². The van der Waals surface area contributed by atoms with E-state index in [-0.39, 0.29) is 17.7 Å². The van der Waals surface area contributed by atoms with Gasteiger partial charge >= 0.3 is 0 Å². The number of amides is 1. The van der Waals surface area contributed by atoms with E-state index in [9.17, 15) is 4.79 Å². The van der Waals surface area contributed by atoms with Gasteiger partial charge in [0.2, 0.25) is 5.76 Å². The van der Waals surface area contributed by atoms with Gasteiger partial charge in [-0.05, 0) is 6.07 Å². The molecule has 1 N–H and O–H groups in total. The van der Waals surface area contributed by atoms with Crippen LogP contribution in [-0.4, -0.2) is 42.5 Å². The average molecular weight is 287 g/mol. The van der Waals surface area contributed by atoms with Crippen LogP contribution in [0.15, 0.2) is 41.3 Å². The number of hydrogen-bond donors (Lipinski definition) is 1. The summed E-state index contributed by atoms with van der Waals surface area (Å²) in [5, 5.41) is 3.32. The molecular weight excluding hydrogens is 270 g/mol. The molecule has 1 aromatic heterocycles. The minimum absolute atomic E-state index is 0.0903. The van der Waals surface area contributed by atoms with Crippen LogP contribution in [-0.2, 0) is 0 Å². The molecule has 6 nitrogen and oxygen atoms in total. The van der Waals surface area contributed by atoms with Crippen molar-refractivity contribution in [3.05, 3.63) is 48.2 Å². The monoisotopic (exact) mass is 287 g/mol. The molecule has 0 aliphatic carbocycles. The summed E-state index contributed by atoms with van der Waals surface area (Å²) in [6, 6.07) is 7.66. The Bertz CT molecular complexity index is 612.